The van der Waals surface area contributed by atoms with Gasteiger partial charge in [-0.3, -0.25) is 4.79 Å². The molecule has 2 N–H and O–H groups in total. The fourth-order valence-electron chi connectivity index (χ4n) is 3.47. The first-order chi connectivity index (χ1) is 9.26. The van der Waals surface area contributed by atoms with Gasteiger partial charge >= 0.3 is 0 Å². The van der Waals surface area contributed by atoms with Crippen molar-refractivity contribution in [3.05, 3.63) is 0 Å². The summed E-state index contributed by atoms with van der Waals surface area (Å²) in [6, 6.07) is 1.02. The van der Waals surface area contributed by atoms with E-state index >= 15 is 0 Å². The highest BCUT2D eigenvalue weighted by molar-refractivity contribution is 7.99. The average molecular weight is 284 g/mol. The summed E-state index contributed by atoms with van der Waals surface area (Å²) in [5.41, 5.74) is 0.152. The first-order valence-corrected chi connectivity index (χ1v) is 8.66. The standard InChI is InChI=1S/C14H24N2O2S/c17-13-2-1-12(10-15-13)16-11-3-6-18-14(9-11)4-7-19-8-5-14/h11-12,16H,1-10H2,(H,15,17). The van der Waals surface area contributed by atoms with Crippen LogP contribution < -0.4 is 10.6 Å². The number of amides is 1. The Labute approximate surface area is 119 Å². The second-order valence-corrected chi connectivity index (χ2v) is 7.26. The van der Waals surface area contributed by atoms with Gasteiger partial charge < -0.3 is 15.4 Å². The molecule has 2 unspecified atom stereocenters. The third-order valence-corrected chi connectivity index (χ3v) is 5.62. The monoisotopic (exact) mass is 284 g/mol. The minimum atomic E-state index is 0.152. The molecule has 3 fully saturated rings. The molecule has 1 amide bonds. The molecule has 0 aromatic heterocycles. The summed E-state index contributed by atoms with van der Waals surface area (Å²) in [5, 5.41) is 6.71. The Morgan fingerprint density at radius 2 is 2.11 bits per heavy atom. The van der Waals surface area contributed by atoms with Gasteiger partial charge in [0, 0.05) is 31.7 Å². The van der Waals surface area contributed by atoms with E-state index in [4.69, 9.17) is 4.74 Å². The van der Waals surface area contributed by atoms with Crippen molar-refractivity contribution < 1.29 is 9.53 Å². The zero-order chi connectivity index (χ0) is 13.1. The van der Waals surface area contributed by atoms with Gasteiger partial charge in [-0.2, -0.15) is 11.8 Å². The number of carbonyl (C=O) groups excluding carboxylic acids is 1. The smallest absolute Gasteiger partial charge is 0.220 e. The molecular weight excluding hydrogens is 260 g/mol. The second-order valence-electron chi connectivity index (χ2n) is 6.04. The van der Waals surface area contributed by atoms with E-state index in [1.165, 1.54) is 24.3 Å². The number of hydrogen-bond acceptors (Lipinski definition) is 4. The lowest BCUT2D eigenvalue weighted by Gasteiger charge is -2.44. The Morgan fingerprint density at radius 3 is 2.84 bits per heavy atom. The largest absolute Gasteiger partial charge is 0.375 e. The van der Waals surface area contributed by atoms with Crippen LogP contribution in [0.1, 0.15) is 38.5 Å². The number of nitrogens with one attached hydrogen (secondary N) is 2. The maximum atomic E-state index is 11.2. The number of carbonyl (C=O) groups is 1. The van der Waals surface area contributed by atoms with Crippen LogP contribution in [0.2, 0.25) is 0 Å². The summed E-state index contributed by atoms with van der Waals surface area (Å²) in [6.45, 7) is 1.68. The van der Waals surface area contributed by atoms with Crippen molar-refractivity contribution in [2.45, 2.75) is 56.2 Å². The molecule has 3 saturated heterocycles. The zero-order valence-electron chi connectivity index (χ0n) is 11.5. The van der Waals surface area contributed by atoms with Crippen LogP contribution in [0.4, 0.5) is 0 Å². The van der Waals surface area contributed by atoms with E-state index in [1.807, 2.05) is 0 Å². The third kappa shape index (κ3) is 3.44. The Bertz CT molecular complexity index is 316. The lowest BCUT2D eigenvalue weighted by Crippen LogP contribution is -2.54. The molecule has 108 valence electrons. The molecule has 19 heavy (non-hydrogen) atoms. The fourth-order valence-corrected chi connectivity index (χ4v) is 4.71. The van der Waals surface area contributed by atoms with Crippen molar-refractivity contribution in [2.24, 2.45) is 0 Å². The minimum absolute atomic E-state index is 0.152. The van der Waals surface area contributed by atoms with Crippen LogP contribution in [0.25, 0.3) is 0 Å². The number of thioether (sulfide) groups is 1. The summed E-state index contributed by atoms with van der Waals surface area (Å²) in [4.78, 5) is 11.2. The van der Waals surface area contributed by atoms with Gasteiger partial charge in [-0.25, -0.2) is 0 Å². The van der Waals surface area contributed by atoms with Gasteiger partial charge in [-0.1, -0.05) is 0 Å². The average Bonchev–Trinajstić information content (AvgIpc) is 2.42. The molecule has 0 saturated carbocycles. The molecule has 0 aromatic rings. The van der Waals surface area contributed by atoms with Crippen LogP contribution in [-0.2, 0) is 9.53 Å². The zero-order valence-corrected chi connectivity index (χ0v) is 12.3. The molecule has 3 aliphatic rings. The molecule has 3 heterocycles. The fraction of sp³-hybridized carbons (Fsp3) is 0.929. The summed E-state index contributed by atoms with van der Waals surface area (Å²) >= 11 is 2.05. The molecule has 4 nitrogen and oxygen atoms in total. The molecule has 2 atom stereocenters. The molecule has 0 radical (unpaired) electrons. The number of hydrogen-bond donors (Lipinski definition) is 2. The van der Waals surface area contributed by atoms with Gasteiger partial charge in [0.1, 0.15) is 0 Å². The molecule has 3 rings (SSSR count). The molecule has 0 bridgehead atoms. The lowest BCUT2D eigenvalue weighted by atomic mass is 9.85. The number of rotatable bonds is 2. The highest BCUT2D eigenvalue weighted by Gasteiger charge is 2.39. The Morgan fingerprint density at radius 1 is 1.26 bits per heavy atom. The molecule has 0 aromatic carbocycles. The van der Waals surface area contributed by atoms with Crippen molar-refractivity contribution in [2.75, 3.05) is 24.7 Å². The van der Waals surface area contributed by atoms with Crippen LogP contribution in [0.3, 0.4) is 0 Å². The van der Waals surface area contributed by atoms with Crippen molar-refractivity contribution >= 4 is 17.7 Å². The number of ether oxygens (including phenoxy) is 1. The number of piperidine rings is 1. The molecular formula is C14H24N2O2S. The topological polar surface area (TPSA) is 50.4 Å². The van der Waals surface area contributed by atoms with Gasteiger partial charge in [0.15, 0.2) is 0 Å². The Hall–Kier alpha value is -0.260. The summed E-state index contributed by atoms with van der Waals surface area (Å²) < 4.78 is 6.12. The van der Waals surface area contributed by atoms with E-state index in [9.17, 15) is 4.79 Å². The van der Waals surface area contributed by atoms with Gasteiger partial charge in [0.2, 0.25) is 5.91 Å². The van der Waals surface area contributed by atoms with Gasteiger partial charge in [-0.05, 0) is 43.6 Å². The van der Waals surface area contributed by atoms with E-state index in [2.05, 4.69) is 22.4 Å². The first kappa shape index (κ1) is 13.7. The SMILES string of the molecule is O=C1CCC(NC2CCOC3(CCSCC3)C2)CN1. The van der Waals surface area contributed by atoms with Crippen molar-refractivity contribution in [3.63, 3.8) is 0 Å². The first-order valence-electron chi connectivity index (χ1n) is 7.50. The van der Waals surface area contributed by atoms with E-state index in [1.54, 1.807) is 0 Å². The van der Waals surface area contributed by atoms with Gasteiger partial charge in [0.05, 0.1) is 5.60 Å². The molecule has 0 aliphatic carbocycles. The molecule has 3 aliphatic heterocycles. The van der Waals surface area contributed by atoms with Crippen molar-refractivity contribution in [1.29, 1.82) is 0 Å². The van der Waals surface area contributed by atoms with Gasteiger partial charge in [0.25, 0.3) is 0 Å². The molecule has 5 heteroatoms. The van der Waals surface area contributed by atoms with Crippen molar-refractivity contribution in [3.8, 4) is 0 Å². The predicted molar refractivity (Wildman–Crippen MR) is 77.4 cm³/mol. The van der Waals surface area contributed by atoms with Gasteiger partial charge in [-0.15, -0.1) is 0 Å². The van der Waals surface area contributed by atoms with Crippen LogP contribution in [-0.4, -0.2) is 48.2 Å². The summed E-state index contributed by atoms with van der Waals surface area (Å²) in [7, 11) is 0. The van der Waals surface area contributed by atoms with Crippen LogP contribution >= 0.6 is 11.8 Å². The lowest BCUT2D eigenvalue weighted by molar-refractivity contribution is -0.123. The quantitative estimate of drug-likeness (QED) is 0.802. The minimum Gasteiger partial charge on any atom is -0.375 e. The van der Waals surface area contributed by atoms with Crippen molar-refractivity contribution in [1.82, 2.24) is 10.6 Å². The third-order valence-electron chi connectivity index (χ3n) is 4.63. The van der Waals surface area contributed by atoms with Crippen LogP contribution in [0.15, 0.2) is 0 Å². The highest BCUT2D eigenvalue weighted by Crippen LogP contribution is 2.37. The Kier molecular flexibility index (Phi) is 4.34. The maximum Gasteiger partial charge on any atom is 0.220 e. The molecule has 1 spiro atoms. The van der Waals surface area contributed by atoms with E-state index < -0.39 is 0 Å². The highest BCUT2D eigenvalue weighted by atomic mass is 32.2. The normalized spacial score (nSPS) is 35.1. The van der Waals surface area contributed by atoms with Crippen LogP contribution in [0.5, 0.6) is 0 Å². The second kappa shape index (κ2) is 6.02. The summed E-state index contributed by atoms with van der Waals surface area (Å²) in [6.07, 6.45) is 6.32. The van der Waals surface area contributed by atoms with E-state index in [-0.39, 0.29) is 11.5 Å². The van der Waals surface area contributed by atoms with Crippen LogP contribution in [0, 0.1) is 0 Å². The Balaban J connectivity index is 1.52. The predicted octanol–water partition coefficient (Wildman–Crippen LogP) is 1.30. The maximum absolute atomic E-state index is 11.2. The van der Waals surface area contributed by atoms with E-state index in [0.29, 0.717) is 18.5 Å². The van der Waals surface area contributed by atoms with E-state index in [0.717, 1.165) is 32.4 Å². The summed E-state index contributed by atoms with van der Waals surface area (Å²) in [5.74, 6) is 2.68.